The molecule has 1 aromatic carbocycles. The summed E-state index contributed by atoms with van der Waals surface area (Å²) >= 11 is 0. The van der Waals surface area contributed by atoms with Crippen LogP contribution < -0.4 is 24.0 Å². The molecule has 0 heterocycles. The highest BCUT2D eigenvalue weighted by molar-refractivity contribution is 7.85. The first-order valence-corrected chi connectivity index (χ1v) is 9.88. The quantitative estimate of drug-likeness (QED) is 0.373. The number of hydrogen-bond donors (Lipinski definition) is 3. The number of benzene rings is 1. The van der Waals surface area contributed by atoms with Crippen molar-refractivity contribution in [2.24, 2.45) is 10.3 Å². The third-order valence-corrected chi connectivity index (χ3v) is 3.42. The summed E-state index contributed by atoms with van der Waals surface area (Å²) in [5.41, 5.74) is -0.117. The maximum absolute atomic E-state index is 11.8. The van der Waals surface area contributed by atoms with Crippen molar-refractivity contribution in [3.05, 3.63) is 29.3 Å². The Balaban J connectivity index is 3.33. The zero-order valence-electron chi connectivity index (χ0n) is 13.5. The molecule has 142 valence electrons. The summed E-state index contributed by atoms with van der Waals surface area (Å²) in [5, 5.41) is 21.1. The molecule has 0 saturated heterocycles. The Bertz CT molecular complexity index is 963. The first-order chi connectivity index (χ1) is 11.9. The van der Waals surface area contributed by atoms with Crippen LogP contribution >= 0.6 is 0 Å². The van der Waals surface area contributed by atoms with Crippen molar-refractivity contribution >= 4 is 32.6 Å². The van der Waals surface area contributed by atoms with Gasteiger partial charge in [0.2, 0.25) is 0 Å². The summed E-state index contributed by atoms with van der Waals surface area (Å²) in [6, 6.07) is 4.98. The molecule has 5 N–H and O–H groups in total. The van der Waals surface area contributed by atoms with E-state index in [0.29, 0.717) is 13.0 Å². The van der Waals surface area contributed by atoms with Gasteiger partial charge in [-0.3, -0.25) is 4.79 Å². The van der Waals surface area contributed by atoms with E-state index in [4.69, 9.17) is 15.5 Å². The van der Waals surface area contributed by atoms with Crippen LogP contribution in [0.2, 0.25) is 0 Å². The lowest BCUT2D eigenvalue weighted by Crippen LogP contribution is -2.25. The van der Waals surface area contributed by atoms with Crippen molar-refractivity contribution in [1.82, 2.24) is 5.32 Å². The molecular formula is C13H16N4O7S2. The maximum atomic E-state index is 11.8. The summed E-state index contributed by atoms with van der Waals surface area (Å²) < 4.78 is 53.2. The van der Waals surface area contributed by atoms with Crippen LogP contribution in [0.1, 0.15) is 18.9 Å². The number of nitriles is 1. The highest BCUT2D eigenvalue weighted by atomic mass is 32.2. The molecule has 1 amide bonds. The zero-order chi connectivity index (χ0) is 20.0. The van der Waals surface area contributed by atoms with Crippen LogP contribution in [0.25, 0.3) is 6.08 Å². The van der Waals surface area contributed by atoms with Crippen LogP contribution in [-0.2, 0) is 25.4 Å². The van der Waals surface area contributed by atoms with Gasteiger partial charge in [0.05, 0.1) is 0 Å². The lowest BCUT2D eigenvalue weighted by Gasteiger charge is -2.10. The molecule has 0 aliphatic rings. The van der Waals surface area contributed by atoms with Crippen LogP contribution in [0.5, 0.6) is 11.5 Å². The van der Waals surface area contributed by atoms with Crippen molar-refractivity contribution in [2.75, 3.05) is 6.54 Å². The van der Waals surface area contributed by atoms with Crippen LogP contribution in [0.4, 0.5) is 0 Å². The molecular weight excluding hydrogens is 388 g/mol. The molecule has 0 atom stereocenters. The van der Waals surface area contributed by atoms with Gasteiger partial charge in [-0.2, -0.15) is 32.4 Å². The molecule has 0 unspecified atom stereocenters. The average molecular weight is 404 g/mol. The maximum Gasteiger partial charge on any atom is 0.380 e. The molecule has 13 heteroatoms. The number of hydrogen-bond acceptors (Lipinski definition) is 8. The van der Waals surface area contributed by atoms with Gasteiger partial charge in [0, 0.05) is 6.54 Å². The van der Waals surface area contributed by atoms with E-state index in [1.54, 1.807) is 6.07 Å². The number of carbonyl (C=O) groups excluding carboxylic acids is 1. The lowest BCUT2D eigenvalue weighted by molar-refractivity contribution is -0.117. The highest BCUT2D eigenvalue weighted by Crippen LogP contribution is 2.30. The molecule has 0 radical (unpaired) electrons. The van der Waals surface area contributed by atoms with E-state index in [0.717, 1.165) is 18.2 Å². The second-order valence-corrected chi connectivity index (χ2v) is 7.09. The standard InChI is InChI=1S/C13H16N4O7S2/c1-2-5-17-13(18)10(8-14)6-9-3-4-11(23-25(15,19)20)12(7-9)24-26(16,21)22/h3-4,6-7H,2,5H2,1H3,(H,17,18)(H2,15,19,20)(H2,16,21,22). The van der Waals surface area contributed by atoms with Crippen molar-refractivity contribution in [1.29, 1.82) is 5.26 Å². The Morgan fingerprint density at radius 2 is 1.77 bits per heavy atom. The van der Waals surface area contributed by atoms with E-state index in [1.165, 1.54) is 6.07 Å². The summed E-state index contributed by atoms with van der Waals surface area (Å²) in [6.07, 6.45) is 1.80. The van der Waals surface area contributed by atoms with E-state index >= 15 is 0 Å². The molecule has 1 aromatic rings. The normalized spacial score (nSPS) is 12.2. The Morgan fingerprint density at radius 1 is 1.19 bits per heavy atom. The van der Waals surface area contributed by atoms with Gasteiger partial charge in [-0.05, 0) is 30.2 Å². The Kier molecular flexibility index (Phi) is 7.10. The minimum Gasteiger partial charge on any atom is -0.367 e. The van der Waals surface area contributed by atoms with Gasteiger partial charge in [0.25, 0.3) is 5.91 Å². The number of rotatable bonds is 8. The van der Waals surface area contributed by atoms with Crippen molar-refractivity contribution in [3.8, 4) is 17.6 Å². The van der Waals surface area contributed by atoms with Gasteiger partial charge < -0.3 is 13.7 Å². The van der Waals surface area contributed by atoms with Crippen LogP contribution in [-0.4, -0.2) is 29.3 Å². The Labute approximate surface area is 150 Å². The first-order valence-electron chi connectivity index (χ1n) is 6.93. The SMILES string of the molecule is CCCNC(=O)C(C#N)=Cc1ccc(OS(N)(=O)=O)c(OS(N)(=O)=O)c1. The monoisotopic (exact) mass is 404 g/mol. The van der Waals surface area contributed by atoms with E-state index in [2.05, 4.69) is 13.7 Å². The second-order valence-electron chi connectivity index (χ2n) is 4.78. The number of nitrogens with two attached hydrogens (primary N) is 2. The molecule has 0 aliphatic heterocycles. The average Bonchev–Trinajstić information content (AvgIpc) is 2.49. The molecule has 0 fully saturated rings. The third-order valence-electron chi connectivity index (χ3n) is 2.59. The zero-order valence-corrected chi connectivity index (χ0v) is 15.1. The number of carbonyl (C=O) groups is 1. The fourth-order valence-electron chi connectivity index (χ4n) is 1.65. The predicted octanol–water partition coefficient (Wildman–Crippen LogP) is -0.716. The van der Waals surface area contributed by atoms with Gasteiger partial charge in [-0.1, -0.05) is 13.0 Å². The third kappa shape index (κ3) is 7.49. The largest absolute Gasteiger partial charge is 0.380 e. The van der Waals surface area contributed by atoms with Crippen LogP contribution in [0, 0.1) is 11.3 Å². The molecule has 0 aromatic heterocycles. The van der Waals surface area contributed by atoms with Gasteiger partial charge in [-0.15, -0.1) is 0 Å². The van der Waals surface area contributed by atoms with E-state index < -0.39 is 38.0 Å². The van der Waals surface area contributed by atoms with Gasteiger partial charge in [0.15, 0.2) is 11.5 Å². The smallest absolute Gasteiger partial charge is 0.367 e. The summed E-state index contributed by atoms with van der Waals surface area (Å²) in [5.74, 6) is -1.78. The molecule has 11 nitrogen and oxygen atoms in total. The summed E-state index contributed by atoms with van der Waals surface area (Å²) in [4.78, 5) is 11.8. The van der Waals surface area contributed by atoms with Gasteiger partial charge >= 0.3 is 20.6 Å². The van der Waals surface area contributed by atoms with E-state index in [9.17, 15) is 21.6 Å². The minimum absolute atomic E-state index is 0.147. The lowest BCUT2D eigenvalue weighted by atomic mass is 10.1. The fourth-order valence-corrected chi connectivity index (χ4v) is 2.42. The second kappa shape index (κ2) is 8.63. The molecule has 0 spiro atoms. The minimum atomic E-state index is -4.52. The van der Waals surface area contributed by atoms with E-state index in [1.807, 2.05) is 6.92 Å². The van der Waals surface area contributed by atoms with Crippen molar-refractivity contribution in [3.63, 3.8) is 0 Å². The summed E-state index contributed by atoms with van der Waals surface area (Å²) in [7, 11) is -8.98. The molecule has 0 aliphatic carbocycles. The molecule has 26 heavy (non-hydrogen) atoms. The Morgan fingerprint density at radius 3 is 2.27 bits per heavy atom. The van der Waals surface area contributed by atoms with Crippen molar-refractivity contribution < 1.29 is 30.0 Å². The molecule has 1 rings (SSSR count). The van der Waals surface area contributed by atoms with Gasteiger partial charge in [-0.25, -0.2) is 0 Å². The number of nitrogens with one attached hydrogen (secondary N) is 1. The van der Waals surface area contributed by atoms with Crippen LogP contribution in [0.3, 0.4) is 0 Å². The van der Waals surface area contributed by atoms with Crippen LogP contribution in [0.15, 0.2) is 23.8 Å². The topological polar surface area (TPSA) is 192 Å². The van der Waals surface area contributed by atoms with Crippen molar-refractivity contribution in [2.45, 2.75) is 13.3 Å². The Hall–Kier alpha value is -2.66. The summed E-state index contributed by atoms with van der Waals surface area (Å²) in [6.45, 7) is 2.19. The van der Waals surface area contributed by atoms with E-state index in [-0.39, 0.29) is 11.1 Å². The van der Waals surface area contributed by atoms with Gasteiger partial charge in [0.1, 0.15) is 11.6 Å². The highest BCUT2D eigenvalue weighted by Gasteiger charge is 2.17. The predicted molar refractivity (Wildman–Crippen MR) is 90.8 cm³/mol. The molecule has 0 saturated carbocycles. The molecule has 0 bridgehead atoms. The number of amides is 1. The first kappa shape index (κ1) is 21.4. The fraction of sp³-hybridized carbons (Fsp3) is 0.231. The number of nitrogens with zero attached hydrogens (tertiary/aromatic N) is 1.